The van der Waals surface area contributed by atoms with E-state index in [4.69, 9.17) is 5.73 Å². The monoisotopic (exact) mass is 257 g/mol. The number of hydrogen-bond donors (Lipinski definition) is 1. The molecule has 1 fully saturated rings. The Hall–Kier alpha value is -0.820. The van der Waals surface area contributed by atoms with Gasteiger partial charge in [0.05, 0.1) is 0 Å². The van der Waals surface area contributed by atoms with Gasteiger partial charge in [-0.15, -0.1) is 0 Å². The summed E-state index contributed by atoms with van der Waals surface area (Å²) in [7, 11) is 0. The Morgan fingerprint density at radius 3 is 2.74 bits per heavy atom. The van der Waals surface area contributed by atoms with Gasteiger partial charge in [0.15, 0.2) is 0 Å². The first-order chi connectivity index (χ1) is 8.97. The zero-order valence-electron chi connectivity index (χ0n) is 12.5. The third-order valence-corrected chi connectivity index (χ3v) is 5.11. The molecule has 0 amide bonds. The molecule has 0 heterocycles. The molecule has 19 heavy (non-hydrogen) atoms. The Kier molecular flexibility index (Phi) is 3.21. The second-order valence-electron chi connectivity index (χ2n) is 7.77. The van der Waals surface area contributed by atoms with Crippen molar-refractivity contribution < 1.29 is 0 Å². The van der Waals surface area contributed by atoms with Crippen LogP contribution >= 0.6 is 0 Å². The molecule has 0 bridgehead atoms. The molecule has 1 heteroatoms. The van der Waals surface area contributed by atoms with E-state index >= 15 is 0 Å². The molecule has 0 aromatic heterocycles. The van der Waals surface area contributed by atoms with E-state index in [-0.39, 0.29) is 0 Å². The summed E-state index contributed by atoms with van der Waals surface area (Å²) >= 11 is 0. The molecule has 0 spiro atoms. The minimum absolute atomic E-state index is 0.403. The van der Waals surface area contributed by atoms with Crippen LogP contribution in [0.15, 0.2) is 24.3 Å². The fourth-order valence-electron chi connectivity index (χ4n) is 4.00. The van der Waals surface area contributed by atoms with Crippen LogP contribution in [0.1, 0.15) is 57.1 Å². The highest BCUT2D eigenvalue weighted by Gasteiger charge is 2.55. The van der Waals surface area contributed by atoms with Gasteiger partial charge >= 0.3 is 0 Å². The van der Waals surface area contributed by atoms with Gasteiger partial charge in [0, 0.05) is 6.04 Å². The van der Waals surface area contributed by atoms with Crippen molar-refractivity contribution in [1.29, 1.82) is 0 Å². The summed E-state index contributed by atoms with van der Waals surface area (Å²) < 4.78 is 0. The first-order valence-electron chi connectivity index (χ1n) is 7.81. The lowest BCUT2D eigenvalue weighted by atomic mass is 9.87. The van der Waals surface area contributed by atoms with Crippen LogP contribution in [0.5, 0.6) is 0 Å². The Bertz CT molecular complexity index is 457. The molecule has 4 unspecified atom stereocenters. The van der Waals surface area contributed by atoms with Crippen LogP contribution in [-0.4, -0.2) is 6.04 Å². The number of rotatable bonds is 3. The molecule has 0 aliphatic heterocycles. The molecule has 4 atom stereocenters. The summed E-state index contributed by atoms with van der Waals surface area (Å²) in [4.78, 5) is 0. The van der Waals surface area contributed by atoms with Crippen LogP contribution in [0.25, 0.3) is 0 Å². The molecule has 1 nitrogen and oxygen atoms in total. The lowest BCUT2D eigenvalue weighted by Crippen LogP contribution is -2.25. The molecule has 1 aromatic carbocycles. The largest absolute Gasteiger partial charge is 0.327 e. The maximum absolute atomic E-state index is 6.50. The molecular formula is C18H27N. The number of nitrogens with two attached hydrogens (primary N) is 1. The summed E-state index contributed by atoms with van der Waals surface area (Å²) in [6.45, 7) is 6.94. The third-order valence-electron chi connectivity index (χ3n) is 5.11. The van der Waals surface area contributed by atoms with Crippen molar-refractivity contribution in [3.8, 4) is 0 Å². The zero-order chi connectivity index (χ0) is 13.6. The van der Waals surface area contributed by atoms with Gasteiger partial charge in [-0.1, -0.05) is 45.0 Å². The summed E-state index contributed by atoms with van der Waals surface area (Å²) in [5.41, 5.74) is 10.1. The second kappa shape index (κ2) is 4.63. The molecule has 1 aromatic rings. The minimum Gasteiger partial charge on any atom is -0.327 e. The highest BCUT2D eigenvalue weighted by Crippen LogP contribution is 2.61. The van der Waals surface area contributed by atoms with Crippen LogP contribution in [0.4, 0.5) is 0 Å². The van der Waals surface area contributed by atoms with E-state index in [0.29, 0.717) is 11.5 Å². The molecule has 104 valence electrons. The molecule has 3 rings (SSSR count). The number of benzene rings is 1. The fraction of sp³-hybridized carbons (Fsp3) is 0.667. The van der Waals surface area contributed by atoms with Crippen LogP contribution in [0.3, 0.4) is 0 Å². The predicted molar refractivity (Wildman–Crippen MR) is 81.1 cm³/mol. The highest BCUT2D eigenvalue weighted by molar-refractivity contribution is 5.39. The van der Waals surface area contributed by atoms with Crippen LogP contribution < -0.4 is 5.73 Å². The van der Waals surface area contributed by atoms with E-state index in [2.05, 4.69) is 45.0 Å². The maximum atomic E-state index is 6.50. The lowest BCUT2D eigenvalue weighted by Gasteiger charge is -2.21. The van der Waals surface area contributed by atoms with Gasteiger partial charge < -0.3 is 5.73 Å². The number of fused-ring (bicyclic) bond motifs is 3. The van der Waals surface area contributed by atoms with Gasteiger partial charge in [0.1, 0.15) is 0 Å². The van der Waals surface area contributed by atoms with Crippen molar-refractivity contribution in [2.45, 2.75) is 58.4 Å². The van der Waals surface area contributed by atoms with E-state index in [0.717, 1.165) is 17.8 Å². The average molecular weight is 257 g/mol. The van der Waals surface area contributed by atoms with Gasteiger partial charge in [-0.25, -0.2) is 0 Å². The van der Waals surface area contributed by atoms with Crippen LogP contribution in [0.2, 0.25) is 0 Å². The molecule has 2 aliphatic rings. The molecule has 0 radical (unpaired) electrons. The van der Waals surface area contributed by atoms with Crippen molar-refractivity contribution in [2.75, 3.05) is 0 Å². The second-order valence-corrected chi connectivity index (χ2v) is 7.77. The van der Waals surface area contributed by atoms with Gasteiger partial charge in [-0.2, -0.15) is 0 Å². The zero-order valence-corrected chi connectivity index (χ0v) is 12.5. The molecular weight excluding hydrogens is 230 g/mol. The SMILES string of the molecule is CC(C)(C)CCC(N)C1C2CCc3ccccc3C21. The van der Waals surface area contributed by atoms with E-state index in [1.54, 1.807) is 11.1 Å². The normalized spacial score (nSPS) is 30.4. The molecule has 1 saturated carbocycles. The summed E-state index contributed by atoms with van der Waals surface area (Å²) in [5.74, 6) is 2.41. The third kappa shape index (κ3) is 2.58. The highest BCUT2D eigenvalue weighted by atomic mass is 14.7. The molecule has 2 aliphatic carbocycles. The van der Waals surface area contributed by atoms with Gasteiger partial charge in [0.2, 0.25) is 0 Å². The van der Waals surface area contributed by atoms with Gasteiger partial charge in [-0.3, -0.25) is 0 Å². The fourth-order valence-corrected chi connectivity index (χ4v) is 4.00. The van der Waals surface area contributed by atoms with Crippen molar-refractivity contribution in [3.05, 3.63) is 35.4 Å². The predicted octanol–water partition coefficient (Wildman–Crippen LogP) is 4.12. The Morgan fingerprint density at radius 2 is 2.00 bits per heavy atom. The van der Waals surface area contributed by atoms with Gasteiger partial charge in [-0.05, 0) is 60.0 Å². The van der Waals surface area contributed by atoms with Gasteiger partial charge in [0.25, 0.3) is 0 Å². The van der Waals surface area contributed by atoms with Crippen LogP contribution in [0, 0.1) is 17.3 Å². The van der Waals surface area contributed by atoms with E-state index in [9.17, 15) is 0 Å². The maximum Gasteiger partial charge on any atom is 0.00761 e. The van der Waals surface area contributed by atoms with Crippen molar-refractivity contribution in [3.63, 3.8) is 0 Å². The molecule has 0 saturated heterocycles. The lowest BCUT2D eigenvalue weighted by molar-refractivity contribution is 0.334. The smallest absolute Gasteiger partial charge is 0.00761 e. The van der Waals surface area contributed by atoms with E-state index in [1.807, 2.05) is 0 Å². The van der Waals surface area contributed by atoms with E-state index in [1.165, 1.54) is 25.7 Å². The van der Waals surface area contributed by atoms with Crippen molar-refractivity contribution >= 4 is 0 Å². The topological polar surface area (TPSA) is 26.0 Å². The minimum atomic E-state index is 0.403. The quantitative estimate of drug-likeness (QED) is 0.866. The van der Waals surface area contributed by atoms with Crippen molar-refractivity contribution in [1.82, 2.24) is 0 Å². The summed E-state index contributed by atoms with van der Waals surface area (Å²) in [6.07, 6.45) is 5.05. The number of aryl methyl sites for hydroxylation is 1. The summed E-state index contributed by atoms with van der Waals surface area (Å²) in [6, 6.07) is 9.41. The standard InChI is InChI=1S/C18H27N/c1-18(2,3)11-10-15(19)17-14-9-8-12-6-4-5-7-13(12)16(14)17/h4-7,14-17H,8-11,19H2,1-3H3. The van der Waals surface area contributed by atoms with Crippen LogP contribution in [-0.2, 0) is 6.42 Å². The average Bonchev–Trinajstić information content (AvgIpc) is 3.10. The molecule has 2 N–H and O–H groups in total. The van der Waals surface area contributed by atoms with Crippen molar-refractivity contribution in [2.24, 2.45) is 23.0 Å². The Morgan fingerprint density at radius 1 is 1.26 bits per heavy atom. The number of hydrogen-bond acceptors (Lipinski definition) is 1. The summed E-state index contributed by atoms with van der Waals surface area (Å²) in [5, 5.41) is 0. The Labute approximate surface area is 117 Å². The first-order valence-corrected chi connectivity index (χ1v) is 7.81. The Balaban J connectivity index is 1.67. The van der Waals surface area contributed by atoms with E-state index < -0.39 is 0 Å². The first kappa shape index (κ1) is 13.2.